The Kier molecular flexibility index (Phi) is 7.37. The first kappa shape index (κ1) is 20.0. The smallest absolute Gasteiger partial charge is 0.331 e. The minimum atomic E-state index is -0.905. The molecular weight excluding hydrogens is 342 g/mol. The summed E-state index contributed by atoms with van der Waals surface area (Å²) in [5.74, 6) is -0.254. The van der Waals surface area contributed by atoms with E-state index in [1.165, 1.54) is 13.0 Å². The fourth-order valence-corrected chi connectivity index (χ4v) is 2.23. The molecule has 0 saturated heterocycles. The molecule has 0 saturated carbocycles. The molecule has 0 bridgehead atoms. The Morgan fingerprint density at radius 1 is 1.19 bits per heavy atom. The highest BCUT2D eigenvalue weighted by Gasteiger charge is 2.16. The van der Waals surface area contributed by atoms with Crippen LogP contribution in [-0.4, -0.2) is 24.6 Å². The van der Waals surface area contributed by atoms with Crippen LogP contribution in [-0.2, 0) is 14.3 Å². The van der Waals surface area contributed by atoms with Gasteiger partial charge in [0.1, 0.15) is 12.4 Å². The molecule has 1 atom stereocenters. The molecule has 0 heterocycles. The van der Waals surface area contributed by atoms with Gasteiger partial charge in [0.05, 0.1) is 0 Å². The van der Waals surface area contributed by atoms with Crippen LogP contribution in [0.2, 0.25) is 0 Å². The van der Waals surface area contributed by atoms with E-state index in [2.05, 4.69) is 11.9 Å². The van der Waals surface area contributed by atoms with E-state index in [0.717, 1.165) is 16.9 Å². The summed E-state index contributed by atoms with van der Waals surface area (Å²) in [5.41, 5.74) is 2.51. The van der Waals surface area contributed by atoms with E-state index >= 15 is 0 Å². The van der Waals surface area contributed by atoms with Crippen molar-refractivity contribution in [3.63, 3.8) is 0 Å². The Morgan fingerprint density at radius 3 is 2.59 bits per heavy atom. The predicted octanol–water partition coefficient (Wildman–Crippen LogP) is 4.14. The second-order valence-electron chi connectivity index (χ2n) is 5.94. The number of amides is 1. The Labute approximate surface area is 159 Å². The average Bonchev–Trinajstić information content (AvgIpc) is 2.65. The van der Waals surface area contributed by atoms with Gasteiger partial charge in [0.2, 0.25) is 0 Å². The summed E-state index contributed by atoms with van der Waals surface area (Å²) in [6.07, 6.45) is 3.67. The van der Waals surface area contributed by atoms with E-state index in [1.54, 1.807) is 30.4 Å². The summed E-state index contributed by atoms with van der Waals surface area (Å²) >= 11 is 0. The molecule has 0 aliphatic carbocycles. The van der Waals surface area contributed by atoms with Crippen LogP contribution >= 0.6 is 0 Å². The number of benzene rings is 2. The first-order chi connectivity index (χ1) is 13.0. The number of aryl methyl sites for hydroxylation is 1. The summed E-state index contributed by atoms with van der Waals surface area (Å²) in [6.45, 7) is 7.49. The van der Waals surface area contributed by atoms with E-state index < -0.39 is 12.1 Å². The Morgan fingerprint density at radius 2 is 1.93 bits per heavy atom. The number of anilines is 1. The normalized spacial score (nSPS) is 11.6. The second kappa shape index (κ2) is 9.97. The van der Waals surface area contributed by atoms with Gasteiger partial charge in [0.15, 0.2) is 6.10 Å². The zero-order chi connectivity index (χ0) is 19.6. The van der Waals surface area contributed by atoms with E-state index in [9.17, 15) is 9.59 Å². The van der Waals surface area contributed by atoms with E-state index in [1.807, 2.05) is 37.3 Å². The monoisotopic (exact) mass is 365 g/mol. The van der Waals surface area contributed by atoms with Crippen LogP contribution < -0.4 is 10.1 Å². The molecule has 1 amide bonds. The van der Waals surface area contributed by atoms with E-state index in [4.69, 9.17) is 9.47 Å². The molecule has 5 nitrogen and oxygen atoms in total. The van der Waals surface area contributed by atoms with Crippen molar-refractivity contribution in [3.8, 4) is 5.75 Å². The largest absolute Gasteiger partial charge is 0.490 e. The number of carbonyl (C=O) groups excluding carboxylic acids is 2. The van der Waals surface area contributed by atoms with Crippen molar-refractivity contribution >= 4 is 23.6 Å². The fourth-order valence-electron chi connectivity index (χ4n) is 2.23. The Balaban J connectivity index is 1.85. The van der Waals surface area contributed by atoms with Gasteiger partial charge in [-0.1, -0.05) is 36.9 Å². The zero-order valence-electron chi connectivity index (χ0n) is 15.5. The highest BCUT2D eigenvalue weighted by Crippen LogP contribution is 2.14. The van der Waals surface area contributed by atoms with Crippen molar-refractivity contribution in [2.75, 3.05) is 11.9 Å². The van der Waals surface area contributed by atoms with Gasteiger partial charge >= 0.3 is 5.97 Å². The van der Waals surface area contributed by atoms with Crippen LogP contribution in [0, 0.1) is 6.92 Å². The number of nitrogens with one attached hydrogen (secondary N) is 1. The van der Waals surface area contributed by atoms with Crippen LogP contribution in [0.1, 0.15) is 18.1 Å². The summed E-state index contributed by atoms with van der Waals surface area (Å²) in [6, 6.07) is 14.6. The molecule has 5 heteroatoms. The number of esters is 1. The molecule has 0 aromatic heterocycles. The minimum Gasteiger partial charge on any atom is -0.490 e. The maximum atomic E-state index is 12.1. The van der Waals surface area contributed by atoms with Crippen molar-refractivity contribution in [3.05, 3.63) is 78.4 Å². The Hall–Kier alpha value is -3.34. The van der Waals surface area contributed by atoms with Crippen LogP contribution in [0.5, 0.6) is 5.75 Å². The second-order valence-corrected chi connectivity index (χ2v) is 5.94. The quantitative estimate of drug-likeness (QED) is 0.434. The summed E-state index contributed by atoms with van der Waals surface area (Å²) in [5, 5.41) is 2.72. The lowest BCUT2D eigenvalue weighted by molar-refractivity contribution is -0.148. The molecule has 0 aliphatic rings. The van der Waals surface area contributed by atoms with Crippen LogP contribution in [0.4, 0.5) is 5.69 Å². The van der Waals surface area contributed by atoms with Gasteiger partial charge in [-0.3, -0.25) is 4.79 Å². The lowest BCUT2D eigenvalue weighted by atomic mass is 10.2. The van der Waals surface area contributed by atoms with Crippen molar-refractivity contribution in [2.24, 2.45) is 0 Å². The molecule has 2 aromatic rings. The lowest BCUT2D eigenvalue weighted by Gasteiger charge is -2.12. The lowest BCUT2D eigenvalue weighted by Crippen LogP contribution is -2.29. The Bertz CT molecular complexity index is 824. The van der Waals surface area contributed by atoms with Gasteiger partial charge in [0.25, 0.3) is 5.91 Å². The van der Waals surface area contributed by atoms with Crippen molar-refractivity contribution in [1.82, 2.24) is 0 Å². The zero-order valence-corrected chi connectivity index (χ0v) is 15.5. The molecule has 0 unspecified atom stereocenters. The maximum absolute atomic E-state index is 12.1. The summed E-state index contributed by atoms with van der Waals surface area (Å²) in [4.78, 5) is 24.0. The summed E-state index contributed by atoms with van der Waals surface area (Å²) < 4.78 is 10.5. The molecule has 1 N–H and O–H groups in total. The maximum Gasteiger partial charge on any atom is 0.331 e. The number of rotatable bonds is 8. The fraction of sp³-hybridized carbons (Fsp3) is 0.182. The van der Waals surface area contributed by atoms with Crippen LogP contribution in [0.25, 0.3) is 6.08 Å². The molecule has 27 heavy (non-hydrogen) atoms. The van der Waals surface area contributed by atoms with Crippen molar-refractivity contribution in [2.45, 2.75) is 20.0 Å². The SMILES string of the molecule is C=CCOc1ccc(/C=C/C(=O)O[C@@H](C)C(=O)Nc2cccc(C)c2)cc1. The first-order valence-electron chi connectivity index (χ1n) is 8.58. The molecule has 140 valence electrons. The number of ether oxygens (including phenoxy) is 2. The van der Waals surface area contributed by atoms with Crippen LogP contribution in [0.3, 0.4) is 0 Å². The third kappa shape index (κ3) is 6.82. The van der Waals surface area contributed by atoms with Crippen molar-refractivity contribution < 1.29 is 19.1 Å². The third-order valence-electron chi connectivity index (χ3n) is 3.61. The third-order valence-corrected chi connectivity index (χ3v) is 3.61. The minimum absolute atomic E-state index is 0.383. The van der Waals surface area contributed by atoms with Gasteiger partial charge in [-0.2, -0.15) is 0 Å². The highest BCUT2D eigenvalue weighted by atomic mass is 16.5. The molecule has 0 radical (unpaired) electrons. The molecule has 0 fully saturated rings. The van der Waals surface area contributed by atoms with E-state index in [0.29, 0.717) is 12.3 Å². The standard InChI is InChI=1S/C22H23NO4/c1-4-14-26-20-11-8-18(9-12-20)10-13-21(24)27-17(3)22(25)23-19-7-5-6-16(2)15-19/h4-13,15,17H,1,14H2,2-3H3,(H,23,25)/b13-10+/t17-/m0/s1. The van der Waals surface area contributed by atoms with Gasteiger partial charge in [-0.25, -0.2) is 4.79 Å². The molecule has 0 spiro atoms. The number of carbonyl (C=O) groups is 2. The first-order valence-corrected chi connectivity index (χ1v) is 8.58. The predicted molar refractivity (Wildman–Crippen MR) is 107 cm³/mol. The number of hydrogen-bond donors (Lipinski definition) is 1. The van der Waals surface area contributed by atoms with Gasteiger partial charge in [0, 0.05) is 11.8 Å². The summed E-state index contributed by atoms with van der Waals surface area (Å²) in [7, 11) is 0. The molecule has 2 rings (SSSR count). The van der Waals surface area contributed by atoms with Gasteiger partial charge < -0.3 is 14.8 Å². The van der Waals surface area contributed by atoms with Gasteiger partial charge in [-0.05, 0) is 55.3 Å². The highest BCUT2D eigenvalue weighted by molar-refractivity contribution is 5.96. The van der Waals surface area contributed by atoms with Crippen molar-refractivity contribution in [1.29, 1.82) is 0 Å². The number of hydrogen-bond acceptors (Lipinski definition) is 4. The van der Waals surface area contributed by atoms with Gasteiger partial charge in [-0.15, -0.1) is 0 Å². The molecular formula is C22H23NO4. The molecule has 0 aliphatic heterocycles. The average molecular weight is 365 g/mol. The van der Waals surface area contributed by atoms with Crippen LogP contribution in [0.15, 0.2) is 67.3 Å². The van der Waals surface area contributed by atoms with E-state index in [-0.39, 0.29) is 5.91 Å². The topological polar surface area (TPSA) is 64.6 Å². The molecule has 2 aromatic carbocycles.